The van der Waals surface area contributed by atoms with Gasteiger partial charge in [-0.3, -0.25) is 9.89 Å². The molecule has 1 aromatic carbocycles. The summed E-state index contributed by atoms with van der Waals surface area (Å²) in [7, 11) is 3.48. The van der Waals surface area contributed by atoms with Crippen molar-refractivity contribution >= 4 is 41.5 Å². The second kappa shape index (κ2) is 12.2. The minimum Gasteiger partial charge on any atom is -0.383 e. The average molecular weight is 525 g/mol. The summed E-state index contributed by atoms with van der Waals surface area (Å²) < 4.78 is 11.1. The first kappa shape index (κ1) is 25.4. The van der Waals surface area contributed by atoms with Gasteiger partial charge in [0, 0.05) is 44.9 Å². The Labute approximate surface area is 191 Å². The van der Waals surface area contributed by atoms with E-state index in [9.17, 15) is 0 Å². The van der Waals surface area contributed by atoms with Crippen molar-refractivity contribution in [1.82, 2.24) is 15.5 Å². The summed E-state index contributed by atoms with van der Waals surface area (Å²) in [6.07, 6.45) is 0. The third kappa shape index (κ3) is 8.02. The van der Waals surface area contributed by atoms with E-state index < -0.39 is 0 Å². The molecule has 2 atom stereocenters. The molecule has 8 heteroatoms. The van der Waals surface area contributed by atoms with E-state index in [-0.39, 0.29) is 41.7 Å². The second-order valence-corrected chi connectivity index (χ2v) is 8.04. The molecule has 160 valence electrons. The zero-order valence-electron chi connectivity index (χ0n) is 17.5. The van der Waals surface area contributed by atoms with Crippen LogP contribution in [0.2, 0.25) is 5.02 Å². The van der Waals surface area contributed by atoms with E-state index in [1.807, 2.05) is 12.1 Å². The van der Waals surface area contributed by atoms with Gasteiger partial charge in [-0.05, 0) is 38.5 Å². The summed E-state index contributed by atoms with van der Waals surface area (Å²) in [5.74, 6) is 0.769. The van der Waals surface area contributed by atoms with Crippen LogP contribution >= 0.6 is 35.6 Å². The van der Waals surface area contributed by atoms with E-state index >= 15 is 0 Å². The monoisotopic (exact) mass is 524 g/mol. The smallest absolute Gasteiger partial charge is 0.191 e. The number of benzene rings is 1. The maximum absolute atomic E-state index is 6.09. The first-order valence-electron chi connectivity index (χ1n) is 9.44. The quantitative estimate of drug-likeness (QED) is 0.326. The lowest BCUT2D eigenvalue weighted by Crippen LogP contribution is -2.52. The van der Waals surface area contributed by atoms with Crippen LogP contribution in [0.3, 0.4) is 0 Å². The summed E-state index contributed by atoms with van der Waals surface area (Å²) in [5.41, 5.74) is 1.07. The fraction of sp³-hybridized carbons (Fsp3) is 0.650. The minimum absolute atomic E-state index is 0. The Hall–Kier alpha value is -0.610. The molecule has 0 aliphatic carbocycles. The molecule has 0 amide bonds. The van der Waals surface area contributed by atoms with Crippen molar-refractivity contribution in [3.8, 4) is 0 Å². The molecule has 6 nitrogen and oxygen atoms in total. The molecule has 2 N–H and O–H groups in total. The number of morpholine rings is 1. The second-order valence-electron chi connectivity index (χ2n) is 7.60. The number of aliphatic imine (C=N–C) groups is 1. The van der Waals surface area contributed by atoms with Gasteiger partial charge >= 0.3 is 0 Å². The Morgan fingerprint density at radius 1 is 1.36 bits per heavy atom. The number of guanidine groups is 1. The summed E-state index contributed by atoms with van der Waals surface area (Å²) in [6.45, 7) is 10.2. The normalized spacial score (nSPS) is 19.4. The van der Waals surface area contributed by atoms with Gasteiger partial charge < -0.3 is 20.1 Å². The van der Waals surface area contributed by atoms with E-state index in [2.05, 4.69) is 53.4 Å². The van der Waals surface area contributed by atoms with Gasteiger partial charge in [0.05, 0.1) is 24.9 Å². The standard InChI is InChI=1S/C20H33ClN4O2.HI/c1-15(13-26-5)24-19(22-4)23-12-18(16-6-8-17(21)9-7-16)25-10-11-27-20(2,3)14-25;/h6-9,15,18H,10-14H2,1-5H3,(H2,22,23,24);1H. The highest BCUT2D eigenvalue weighted by Crippen LogP contribution is 2.27. The lowest BCUT2D eigenvalue weighted by Gasteiger charge is -2.42. The van der Waals surface area contributed by atoms with Crippen molar-refractivity contribution in [2.75, 3.05) is 47.0 Å². The number of ether oxygens (including phenoxy) is 2. The molecule has 28 heavy (non-hydrogen) atoms. The largest absolute Gasteiger partial charge is 0.383 e. The number of nitrogens with zero attached hydrogens (tertiary/aromatic N) is 2. The SMILES string of the molecule is CN=C(NCC(c1ccc(Cl)cc1)N1CCOC(C)(C)C1)NC(C)COC.I. The van der Waals surface area contributed by atoms with Crippen LogP contribution in [0.1, 0.15) is 32.4 Å². The highest BCUT2D eigenvalue weighted by atomic mass is 127. The number of nitrogens with one attached hydrogen (secondary N) is 2. The van der Waals surface area contributed by atoms with Crippen LogP contribution < -0.4 is 10.6 Å². The molecule has 2 unspecified atom stereocenters. The molecule has 1 aliphatic rings. The average Bonchev–Trinajstić information content (AvgIpc) is 2.61. The van der Waals surface area contributed by atoms with E-state index in [4.69, 9.17) is 21.1 Å². The molecule has 0 bridgehead atoms. The lowest BCUT2D eigenvalue weighted by atomic mass is 10.0. The van der Waals surface area contributed by atoms with Crippen molar-refractivity contribution < 1.29 is 9.47 Å². The molecule has 1 aromatic rings. The Bertz CT molecular complexity index is 613. The van der Waals surface area contributed by atoms with Crippen LogP contribution in [0.4, 0.5) is 0 Å². The number of methoxy groups -OCH3 is 1. The number of halogens is 2. The van der Waals surface area contributed by atoms with Crippen molar-refractivity contribution in [3.63, 3.8) is 0 Å². The van der Waals surface area contributed by atoms with Gasteiger partial charge in [-0.1, -0.05) is 23.7 Å². The first-order valence-corrected chi connectivity index (χ1v) is 9.82. The fourth-order valence-corrected chi connectivity index (χ4v) is 3.50. The predicted octanol–water partition coefficient (Wildman–Crippen LogP) is 3.31. The Morgan fingerprint density at radius 2 is 2.04 bits per heavy atom. The zero-order valence-corrected chi connectivity index (χ0v) is 20.6. The highest BCUT2D eigenvalue weighted by Gasteiger charge is 2.32. The van der Waals surface area contributed by atoms with Crippen molar-refractivity contribution in [2.45, 2.75) is 38.5 Å². The molecule has 0 spiro atoms. The third-order valence-electron chi connectivity index (χ3n) is 4.64. The summed E-state index contributed by atoms with van der Waals surface area (Å²) in [4.78, 5) is 6.80. The first-order chi connectivity index (χ1) is 12.8. The number of rotatable bonds is 7. The van der Waals surface area contributed by atoms with Crippen molar-refractivity contribution in [2.24, 2.45) is 4.99 Å². The van der Waals surface area contributed by atoms with Gasteiger partial charge in [-0.25, -0.2) is 0 Å². The van der Waals surface area contributed by atoms with E-state index in [0.29, 0.717) is 6.61 Å². The van der Waals surface area contributed by atoms with Gasteiger partial charge in [0.15, 0.2) is 5.96 Å². The van der Waals surface area contributed by atoms with Crippen LogP contribution in [0.5, 0.6) is 0 Å². The molecule has 1 aliphatic heterocycles. The number of hydrogen-bond donors (Lipinski definition) is 2. The zero-order chi connectivity index (χ0) is 19.9. The molecule has 0 aromatic heterocycles. The maximum Gasteiger partial charge on any atom is 0.191 e. The summed E-state index contributed by atoms with van der Waals surface area (Å²) >= 11 is 6.09. The predicted molar refractivity (Wildman–Crippen MR) is 127 cm³/mol. The van der Waals surface area contributed by atoms with Gasteiger partial charge in [0.1, 0.15) is 0 Å². The van der Waals surface area contributed by atoms with E-state index in [0.717, 1.165) is 37.2 Å². The van der Waals surface area contributed by atoms with Crippen LogP contribution in [0.15, 0.2) is 29.3 Å². The Kier molecular flexibility index (Phi) is 11.1. The summed E-state index contributed by atoms with van der Waals surface area (Å²) in [6, 6.07) is 8.47. The maximum atomic E-state index is 6.09. The molecular formula is C20H34ClIN4O2. The van der Waals surface area contributed by atoms with E-state index in [1.165, 1.54) is 5.56 Å². The molecular weight excluding hydrogens is 491 g/mol. The van der Waals surface area contributed by atoms with Gasteiger partial charge in [0.2, 0.25) is 0 Å². The van der Waals surface area contributed by atoms with E-state index in [1.54, 1.807) is 14.2 Å². The van der Waals surface area contributed by atoms with Crippen LogP contribution in [0.25, 0.3) is 0 Å². The Morgan fingerprint density at radius 3 is 2.61 bits per heavy atom. The van der Waals surface area contributed by atoms with Crippen LogP contribution in [-0.4, -0.2) is 69.5 Å². The van der Waals surface area contributed by atoms with Crippen molar-refractivity contribution in [1.29, 1.82) is 0 Å². The molecule has 0 radical (unpaired) electrons. The highest BCUT2D eigenvalue weighted by molar-refractivity contribution is 14.0. The molecule has 1 heterocycles. The van der Waals surface area contributed by atoms with Crippen LogP contribution in [0, 0.1) is 0 Å². The topological polar surface area (TPSA) is 58.1 Å². The van der Waals surface area contributed by atoms with Gasteiger partial charge in [0.25, 0.3) is 0 Å². The summed E-state index contributed by atoms with van der Waals surface area (Å²) in [5, 5.41) is 7.57. The third-order valence-corrected chi connectivity index (χ3v) is 4.89. The molecule has 0 saturated carbocycles. The lowest BCUT2D eigenvalue weighted by molar-refractivity contribution is -0.0971. The molecule has 2 rings (SSSR count). The number of hydrogen-bond acceptors (Lipinski definition) is 4. The minimum atomic E-state index is -0.157. The Balaban J connectivity index is 0.00000392. The van der Waals surface area contributed by atoms with Gasteiger partial charge in [-0.2, -0.15) is 0 Å². The van der Waals surface area contributed by atoms with Gasteiger partial charge in [-0.15, -0.1) is 24.0 Å². The fourth-order valence-electron chi connectivity index (χ4n) is 3.37. The van der Waals surface area contributed by atoms with Crippen molar-refractivity contribution in [3.05, 3.63) is 34.9 Å². The molecule has 1 fully saturated rings. The van der Waals surface area contributed by atoms with Crippen LogP contribution in [-0.2, 0) is 9.47 Å². The molecule has 1 saturated heterocycles.